The molecule has 0 saturated carbocycles. The number of anilines is 2. The summed E-state index contributed by atoms with van der Waals surface area (Å²) in [6.45, 7) is 9.20. The normalized spacial score (nSPS) is 17.5. The molecule has 6 heteroatoms. The van der Waals surface area contributed by atoms with Gasteiger partial charge in [-0.2, -0.15) is 0 Å². The van der Waals surface area contributed by atoms with Crippen LogP contribution in [0.2, 0.25) is 0 Å². The van der Waals surface area contributed by atoms with Crippen molar-refractivity contribution >= 4 is 11.4 Å². The molecule has 39 heavy (non-hydrogen) atoms. The van der Waals surface area contributed by atoms with Crippen molar-refractivity contribution in [3.63, 3.8) is 0 Å². The van der Waals surface area contributed by atoms with Gasteiger partial charge in [0.15, 0.2) is 0 Å². The topological polar surface area (TPSA) is 111 Å². The van der Waals surface area contributed by atoms with Gasteiger partial charge in [0.25, 0.3) is 0 Å². The molecule has 0 atom stereocenters. The second kappa shape index (κ2) is 8.34. The van der Waals surface area contributed by atoms with Crippen LogP contribution in [0.4, 0.5) is 11.4 Å². The van der Waals surface area contributed by atoms with Gasteiger partial charge in [0.1, 0.15) is 34.5 Å². The second-order valence-corrected chi connectivity index (χ2v) is 12.3. The van der Waals surface area contributed by atoms with E-state index >= 15 is 0 Å². The van der Waals surface area contributed by atoms with E-state index in [1.54, 1.807) is 24.3 Å². The highest BCUT2D eigenvalue weighted by atomic mass is 16.5. The van der Waals surface area contributed by atoms with Crippen LogP contribution >= 0.6 is 0 Å². The van der Waals surface area contributed by atoms with Gasteiger partial charge in [-0.3, -0.25) is 0 Å². The third-order valence-corrected chi connectivity index (χ3v) is 8.43. The second-order valence-electron chi connectivity index (χ2n) is 12.3. The van der Waals surface area contributed by atoms with Crippen LogP contribution in [-0.2, 0) is 16.2 Å². The number of benzene rings is 4. The summed E-state index contributed by atoms with van der Waals surface area (Å²) >= 11 is 0. The summed E-state index contributed by atoms with van der Waals surface area (Å²) in [6.07, 6.45) is 1.98. The Morgan fingerprint density at radius 3 is 1.28 bits per heavy atom. The molecule has 0 bridgehead atoms. The summed E-state index contributed by atoms with van der Waals surface area (Å²) in [5.74, 6) is 2.57. The van der Waals surface area contributed by atoms with Gasteiger partial charge in [0, 0.05) is 17.5 Å². The molecule has 1 spiro atoms. The van der Waals surface area contributed by atoms with E-state index in [-0.39, 0.29) is 27.7 Å². The van der Waals surface area contributed by atoms with E-state index in [0.717, 1.165) is 24.3 Å². The molecular formula is C33H34N2O4. The van der Waals surface area contributed by atoms with Crippen LogP contribution < -0.4 is 20.9 Å². The Kier molecular flexibility index (Phi) is 5.34. The maximum absolute atomic E-state index is 9.99. The number of nitrogen functional groups attached to an aromatic ring is 2. The average molecular weight is 523 g/mol. The number of aromatic hydroxyl groups is 2. The van der Waals surface area contributed by atoms with Crippen LogP contribution in [0.5, 0.6) is 34.5 Å². The fourth-order valence-corrected chi connectivity index (χ4v) is 6.86. The number of phenols is 2. The lowest BCUT2D eigenvalue weighted by Gasteiger charge is -2.30. The van der Waals surface area contributed by atoms with Crippen LogP contribution in [0, 0.1) is 0 Å². The summed E-state index contributed by atoms with van der Waals surface area (Å²) in [7, 11) is 0. The van der Waals surface area contributed by atoms with Crippen LogP contribution in [0.25, 0.3) is 0 Å². The molecule has 0 saturated heterocycles. The fraction of sp³-hybridized carbons (Fsp3) is 0.273. The lowest BCUT2D eigenvalue weighted by molar-refractivity contribution is 0.349. The van der Waals surface area contributed by atoms with Crippen LogP contribution in [0.1, 0.15) is 62.8 Å². The van der Waals surface area contributed by atoms with Crippen molar-refractivity contribution in [2.45, 2.75) is 56.8 Å². The van der Waals surface area contributed by atoms with E-state index in [2.05, 4.69) is 52.0 Å². The van der Waals surface area contributed by atoms with Crippen LogP contribution in [0.15, 0.2) is 72.8 Å². The average Bonchev–Trinajstić information content (AvgIpc) is 3.23. The van der Waals surface area contributed by atoms with E-state index in [4.69, 9.17) is 20.9 Å². The Hall–Kier alpha value is -4.32. The standard InChI is InChI=1S/C33H34N2O4/c1-31(2)17-33(23-9-5-19(13-25(23)31)38-21-7-11-27(34)29(36)15-21)18-32(3,4)26-14-20(6-10-24(26)33)39-22-8-12-28(35)30(37)16-22/h5-16,36-37H,17-18,34-35H2,1-4H3. The molecule has 4 aromatic rings. The molecule has 0 fully saturated rings. The number of rotatable bonds is 4. The van der Waals surface area contributed by atoms with Crippen molar-refractivity contribution in [2.75, 3.05) is 11.5 Å². The van der Waals surface area contributed by atoms with E-state index in [1.807, 2.05) is 12.1 Å². The number of phenolic OH excluding ortho intramolecular Hbond substituents is 2. The van der Waals surface area contributed by atoms with Crippen molar-refractivity contribution < 1.29 is 19.7 Å². The predicted molar refractivity (Wildman–Crippen MR) is 154 cm³/mol. The van der Waals surface area contributed by atoms with Gasteiger partial charge in [0.05, 0.1) is 11.4 Å². The number of ether oxygens (including phenoxy) is 2. The number of hydrogen-bond acceptors (Lipinski definition) is 6. The number of fused-ring (bicyclic) bond motifs is 4. The summed E-state index contributed by atoms with van der Waals surface area (Å²) in [4.78, 5) is 0. The van der Waals surface area contributed by atoms with Gasteiger partial charge < -0.3 is 31.2 Å². The number of nitrogens with two attached hydrogens (primary N) is 2. The van der Waals surface area contributed by atoms with Crippen molar-refractivity contribution in [1.82, 2.24) is 0 Å². The largest absolute Gasteiger partial charge is 0.506 e. The smallest absolute Gasteiger partial charge is 0.142 e. The zero-order chi connectivity index (χ0) is 27.7. The molecule has 4 aromatic carbocycles. The highest BCUT2D eigenvalue weighted by molar-refractivity contribution is 5.62. The molecule has 0 aromatic heterocycles. The summed E-state index contributed by atoms with van der Waals surface area (Å²) in [5.41, 5.74) is 17.1. The summed E-state index contributed by atoms with van der Waals surface area (Å²) in [6, 6.07) is 22.6. The SMILES string of the molecule is CC1(C)CC2(CC(C)(C)c3cc(Oc4ccc(N)c(O)c4)ccc32)c2ccc(Oc3ccc(N)c(O)c3)cc21. The lowest BCUT2D eigenvalue weighted by Crippen LogP contribution is -2.26. The first-order valence-corrected chi connectivity index (χ1v) is 13.2. The minimum Gasteiger partial charge on any atom is -0.506 e. The van der Waals surface area contributed by atoms with E-state index in [1.165, 1.54) is 34.4 Å². The van der Waals surface area contributed by atoms with Gasteiger partial charge in [-0.25, -0.2) is 0 Å². The lowest BCUT2D eigenvalue weighted by atomic mass is 9.72. The first-order valence-electron chi connectivity index (χ1n) is 13.2. The van der Waals surface area contributed by atoms with E-state index in [9.17, 15) is 10.2 Å². The molecule has 6 rings (SSSR count). The first-order chi connectivity index (χ1) is 18.4. The molecule has 6 nitrogen and oxygen atoms in total. The Balaban J connectivity index is 1.38. The third-order valence-electron chi connectivity index (χ3n) is 8.43. The maximum atomic E-state index is 9.99. The fourth-order valence-electron chi connectivity index (χ4n) is 6.86. The molecule has 6 N–H and O–H groups in total. The first kappa shape index (κ1) is 25.0. The Labute approximate surface area is 228 Å². The van der Waals surface area contributed by atoms with Crippen molar-refractivity contribution in [1.29, 1.82) is 0 Å². The minimum atomic E-state index is -0.117. The monoisotopic (exact) mass is 522 g/mol. The molecule has 200 valence electrons. The Morgan fingerprint density at radius 2 is 0.897 bits per heavy atom. The molecule has 2 aliphatic carbocycles. The molecule has 0 amide bonds. The molecular weight excluding hydrogens is 488 g/mol. The van der Waals surface area contributed by atoms with Gasteiger partial charge in [-0.1, -0.05) is 39.8 Å². The molecule has 0 unspecified atom stereocenters. The molecule has 0 aliphatic heterocycles. The van der Waals surface area contributed by atoms with Gasteiger partial charge in [0.2, 0.25) is 0 Å². The number of hydrogen-bond donors (Lipinski definition) is 4. The van der Waals surface area contributed by atoms with Crippen LogP contribution in [-0.4, -0.2) is 10.2 Å². The Bertz CT molecular complexity index is 1500. The van der Waals surface area contributed by atoms with Gasteiger partial charge in [-0.05, 0) is 94.5 Å². The van der Waals surface area contributed by atoms with Crippen molar-refractivity contribution in [3.05, 3.63) is 95.1 Å². The summed E-state index contributed by atoms with van der Waals surface area (Å²) < 4.78 is 12.2. The van der Waals surface area contributed by atoms with Crippen LogP contribution in [0.3, 0.4) is 0 Å². The maximum Gasteiger partial charge on any atom is 0.142 e. The van der Waals surface area contributed by atoms with E-state index < -0.39 is 0 Å². The Morgan fingerprint density at radius 1 is 0.538 bits per heavy atom. The quantitative estimate of drug-likeness (QED) is 0.163. The molecule has 0 radical (unpaired) electrons. The third kappa shape index (κ3) is 4.02. The highest BCUT2D eigenvalue weighted by Gasteiger charge is 2.56. The zero-order valence-corrected chi connectivity index (χ0v) is 22.7. The summed E-state index contributed by atoms with van der Waals surface area (Å²) in [5, 5.41) is 20.0. The predicted octanol–water partition coefficient (Wildman–Crippen LogP) is 7.50. The van der Waals surface area contributed by atoms with Crippen molar-refractivity contribution in [3.8, 4) is 34.5 Å². The molecule has 0 heterocycles. The van der Waals surface area contributed by atoms with Gasteiger partial charge in [-0.15, -0.1) is 0 Å². The van der Waals surface area contributed by atoms with E-state index in [0.29, 0.717) is 22.9 Å². The van der Waals surface area contributed by atoms with Gasteiger partial charge >= 0.3 is 0 Å². The minimum absolute atomic E-state index is 0.00859. The zero-order valence-electron chi connectivity index (χ0n) is 22.7. The van der Waals surface area contributed by atoms with Crippen molar-refractivity contribution in [2.24, 2.45) is 0 Å². The molecule has 2 aliphatic rings. The highest BCUT2D eigenvalue weighted by Crippen LogP contribution is 2.63.